The molecule has 0 aromatic carbocycles. The van der Waals surface area contributed by atoms with Crippen molar-refractivity contribution < 1.29 is 4.79 Å². The van der Waals surface area contributed by atoms with Crippen molar-refractivity contribution in [2.75, 3.05) is 13.1 Å². The van der Waals surface area contributed by atoms with Crippen molar-refractivity contribution in [1.82, 2.24) is 10.2 Å². The van der Waals surface area contributed by atoms with Gasteiger partial charge in [0.15, 0.2) is 0 Å². The molecule has 0 aromatic rings. The highest BCUT2D eigenvalue weighted by Crippen LogP contribution is 2.24. The van der Waals surface area contributed by atoms with E-state index in [4.69, 9.17) is 0 Å². The minimum atomic E-state index is 0.142. The van der Waals surface area contributed by atoms with Crippen LogP contribution in [0.3, 0.4) is 0 Å². The molecule has 1 amide bonds. The van der Waals surface area contributed by atoms with Crippen LogP contribution in [0.1, 0.15) is 65.7 Å². The van der Waals surface area contributed by atoms with E-state index in [9.17, 15) is 4.79 Å². The summed E-state index contributed by atoms with van der Waals surface area (Å²) in [6.07, 6.45) is 9.10. The Morgan fingerprint density at radius 2 is 1.65 bits per heavy atom. The van der Waals surface area contributed by atoms with Gasteiger partial charge in [0.1, 0.15) is 0 Å². The Labute approximate surface area is 124 Å². The topological polar surface area (TPSA) is 32.3 Å². The molecular formula is C17H32N2O. The first-order valence-corrected chi connectivity index (χ1v) is 8.61. The molecule has 0 spiro atoms. The number of piperidine rings is 1. The van der Waals surface area contributed by atoms with Gasteiger partial charge in [-0.1, -0.05) is 33.6 Å². The lowest BCUT2D eigenvalue weighted by atomic mass is 10.00. The molecule has 2 atom stereocenters. The summed E-state index contributed by atoms with van der Waals surface area (Å²) >= 11 is 0. The summed E-state index contributed by atoms with van der Waals surface area (Å²) in [5.74, 6) is 1.38. The molecule has 3 heteroatoms. The Kier molecular flexibility index (Phi) is 5.88. The molecule has 20 heavy (non-hydrogen) atoms. The van der Waals surface area contributed by atoms with Crippen LogP contribution in [0, 0.1) is 11.8 Å². The number of rotatable bonds is 3. The molecule has 2 fully saturated rings. The van der Waals surface area contributed by atoms with E-state index in [1.807, 2.05) is 13.8 Å². The maximum Gasteiger partial charge on any atom is 0.225 e. The van der Waals surface area contributed by atoms with E-state index in [-0.39, 0.29) is 5.92 Å². The number of hydrogen-bond acceptors (Lipinski definition) is 2. The van der Waals surface area contributed by atoms with Gasteiger partial charge < -0.3 is 10.2 Å². The minimum Gasteiger partial charge on any atom is -0.342 e. The lowest BCUT2D eigenvalue weighted by Gasteiger charge is -2.35. The molecule has 2 aliphatic rings. The molecule has 1 aliphatic heterocycles. The van der Waals surface area contributed by atoms with Crippen molar-refractivity contribution in [1.29, 1.82) is 0 Å². The minimum absolute atomic E-state index is 0.142. The number of nitrogens with one attached hydrogen (secondary N) is 1. The van der Waals surface area contributed by atoms with Crippen molar-refractivity contribution in [2.45, 2.75) is 77.8 Å². The normalized spacial score (nSPS) is 29.5. The Morgan fingerprint density at radius 1 is 1.00 bits per heavy atom. The molecule has 1 saturated heterocycles. The monoisotopic (exact) mass is 280 g/mol. The van der Waals surface area contributed by atoms with Crippen LogP contribution in [0.5, 0.6) is 0 Å². The number of amides is 1. The Morgan fingerprint density at radius 3 is 2.30 bits per heavy atom. The van der Waals surface area contributed by atoms with Gasteiger partial charge in [0.25, 0.3) is 0 Å². The highest BCUT2D eigenvalue weighted by Gasteiger charge is 2.26. The summed E-state index contributed by atoms with van der Waals surface area (Å²) in [4.78, 5) is 14.0. The molecule has 1 N–H and O–H groups in total. The SMILES string of the molecule is CC1CCCC(NC2CCN(C(=O)C(C)C)CC2)CC1. The Balaban J connectivity index is 1.72. The third kappa shape index (κ3) is 4.47. The maximum absolute atomic E-state index is 12.0. The molecule has 1 saturated carbocycles. The smallest absolute Gasteiger partial charge is 0.225 e. The van der Waals surface area contributed by atoms with Crippen molar-refractivity contribution in [3.05, 3.63) is 0 Å². The van der Waals surface area contributed by atoms with Crippen LogP contribution < -0.4 is 5.32 Å². The van der Waals surface area contributed by atoms with Crippen LogP contribution >= 0.6 is 0 Å². The lowest BCUT2D eigenvalue weighted by molar-refractivity contribution is -0.135. The fraction of sp³-hybridized carbons (Fsp3) is 0.941. The Bertz CT molecular complexity index is 308. The van der Waals surface area contributed by atoms with Gasteiger partial charge in [-0.05, 0) is 38.0 Å². The summed E-state index contributed by atoms with van der Waals surface area (Å²) in [5, 5.41) is 3.87. The van der Waals surface area contributed by atoms with Crippen molar-refractivity contribution >= 4 is 5.91 Å². The summed E-state index contributed by atoms with van der Waals surface area (Å²) < 4.78 is 0. The highest BCUT2D eigenvalue weighted by atomic mass is 16.2. The number of hydrogen-bond donors (Lipinski definition) is 1. The molecule has 0 bridgehead atoms. The highest BCUT2D eigenvalue weighted by molar-refractivity contribution is 5.78. The molecule has 1 aliphatic carbocycles. The predicted octanol–water partition coefficient (Wildman–Crippen LogP) is 3.19. The molecule has 0 aromatic heterocycles. The second-order valence-electron chi connectivity index (χ2n) is 7.23. The third-order valence-electron chi connectivity index (χ3n) is 5.03. The summed E-state index contributed by atoms with van der Waals surface area (Å²) in [7, 11) is 0. The van der Waals surface area contributed by atoms with Gasteiger partial charge in [-0.2, -0.15) is 0 Å². The van der Waals surface area contributed by atoms with E-state index in [0.29, 0.717) is 11.9 Å². The van der Waals surface area contributed by atoms with Crippen LogP contribution in [-0.4, -0.2) is 36.0 Å². The zero-order valence-electron chi connectivity index (χ0n) is 13.5. The summed E-state index contributed by atoms with van der Waals surface area (Å²) in [6, 6.07) is 1.35. The van der Waals surface area contributed by atoms with E-state index in [1.165, 1.54) is 32.1 Å². The number of nitrogens with zero attached hydrogens (tertiary/aromatic N) is 1. The van der Waals surface area contributed by atoms with E-state index in [2.05, 4.69) is 17.1 Å². The van der Waals surface area contributed by atoms with Gasteiger partial charge in [0.05, 0.1) is 0 Å². The van der Waals surface area contributed by atoms with Gasteiger partial charge in [-0.15, -0.1) is 0 Å². The van der Waals surface area contributed by atoms with Crippen LogP contribution in [0.15, 0.2) is 0 Å². The predicted molar refractivity (Wildman–Crippen MR) is 83.6 cm³/mol. The quantitative estimate of drug-likeness (QED) is 0.805. The zero-order valence-corrected chi connectivity index (χ0v) is 13.5. The first-order valence-electron chi connectivity index (χ1n) is 8.61. The van der Waals surface area contributed by atoms with Crippen molar-refractivity contribution in [2.24, 2.45) is 11.8 Å². The first kappa shape index (κ1) is 15.8. The van der Waals surface area contributed by atoms with Crippen LogP contribution in [-0.2, 0) is 4.79 Å². The average molecular weight is 280 g/mol. The maximum atomic E-state index is 12.0. The van der Waals surface area contributed by atoms with E-state index in [1.54, 1.807) is 0 Å². The van der Waals surface area contributed by atoms with Gasteiger partial charge in [0, 0.05) is 31.1 Å². The van der Waals surface area contributed by atoms with Gasteiger partial charge in [-0.25, -0.2) is 0 Å². The standard InChI is InChI=1S/C17H32N2O/c1-13(2)17(20)19-11-9-16(10-12-19)18-15-6-4-5-14(3)7-8-15/h13-16,18H,4-12H2,1-3H3. The second-order valence-corrected chi connectivity index (χ2v) is 7.23. The van der Waals surface area contributed by atoms with Crippen LogP contribution in [0.25, 0.3) is 0 Å². The molecule has 1 heterocycles. The van der Waals surface area contributed by atoms with Gasteiger partial charge in [0.2, 0.25) is 5.91 Å². The third-order valence-corrected chi connectivity index (χ3v) is 5.03. The number of carbonyl (C=O) groups excluding carboxylic acids is 1. The van der Waals surface area contributed by atoms with Crippen LogP contribution in [0.4, 0.5) is 0 Å². The average Bonchev–Trinajstić information content (AvgIpc) is 2.64. The van der Waals surface area contributed by atoms with Crippen molar-refractivity contribution in [3.63, 3.8) is 0 Å². The van der Waals surface area contributed by atoms with E-state index >= 15 is 0 Å². The van der Waals surface area contributed by atoms with Crippen molar-refractivity contribution in [3.8, 4) is 0 Å². The number of likely N-dealkylation sites (tertiary alicyclic amines) is 1. The van der Waals surface area contributed by atoms with Crippen LogP contribution in [0.2, 0.25) is 0 Å². The van der Waals surface area contributed by atoms with Gasteiger partial charge >= 0.3 is 0 Å². The summed E-state index contributed by atoms with van der Waals surface area (Å²) in [5.41, 5.74) is 0. The fourth-order valence-electron chi connectivity index (χ4n) is 3.62. The molecule has 2 rings (SSSR count). The largest absolute Gasteiger partial charge is 0.342 e. The molecule has 0 radical (unpaired) electrons. The molecule has 2 unspecified atom stereocenters. The first-order chi connectivity index (χ1) is 9.56. The van der Waals surface area contributed by atoms with Gasteiger partial charge in [-0.3, -0.25) is 4.79 Å². The summed E-state index contributed by atoms with van der Waals surface area (Å²) in [6.45, 7) is 8.27. The Hall–Kier alpha value is -0.570. The molecule has 116 valence electrons. The zero-order chi connectivity index (χ0) is 14.5. The molecule has 3 nitrogen and oxygen atoms in total. The second kappa shape index (κ2) is 7.44. The van der Waals surface area contributed by atoms with E-state index < -0.39 is 0 Å². The molecular weight excluding hydrogens is 248 g/mol. The fourth-order valence-corrected chi connectivity index (χ4v) is 3.62. The number of carbonyl (C=O) groups is 1. The lowest BCUT2D eigenvalue weighted by Crippen LogP contribution is -2.48. The van der Waals surface area contributed by atoms with E-state index in [0.717, 1.165) is 37.9 Å².